The minimum Gasteiger partial charge on any atom is -0.328 e. The highest BCUT2D eigenvalue weighted by Gasteiger charge is 2.32. The number of nitrogens with zero attached hydrogens (tertiary/aromatic N) is 3. The smallest absolute Gasteiger partial charge is 0.256 e. The highest BCUT2D eigenvalue weighted by atomic mass is 35.5. The van der Waals surface area contributed by atoms with Gasteiger partial charge < -0.3 is 4.90 Å². The molecule has 1 aliphatic rings. The number of H-pyrrole nitrogens is 1. The van der Waals surface area contributed by atoms with E-state index in [1.807, 2.05) is 6.92 Å². The fourth-order valence-electron chi connectivity index (χ4n) is 2.78. The first kappa shape index (κ1) is 15.0. The Morgan fingerprint density at radius 1 is 1.45 bits per heavy atom. The number of amides is 1. The Labute approximate surface area is 132 Å². The molecule has 0 spiro atoms. The van der Waals surface area contributed by atoms with E-state index in [-0.39, 0.29) is 22.5 Å². The Kier molecular flexibility index (Phi) is 4.11. The molecule has 1 amide bonds. The van der Waals surface area contributed by atoms with Crippen LogP contribution in [0.2, 0.25) is 5.02 Å². The fourth-order valence-corrected chi connectivity index (χ4v) is 2.98. The molecule has 7 heteroatoms. The molecule has 5 nitrogen and oxygen atoms in total. The summed E-state index contributed by atoms with van der Waals surface area (Å²) in [6, 6.07) is 4.07. The SMILES string of the molecule is Cc1nc(C2CCCCN2C(=O)c2cccc(F)c2Cl)n[nH]1. The Morgan fingerprint density at radius 3 is 3.00 bits per heavy atom. The van der Waals surface area contributed by atoms with Crippen molar-refractivity contribution in [3.63, 3.8) is 0 Å². The molecule has 0 radical (unpaired) electrons. The third kappa shape index (κ3) is 2.70. The van der Waals surface area contributed by atoms with Gasteiger partial charge in [-0.2, -0.15) is 5.10 Å². The fraction of sp³-hybridized carbons (Fsp3) is 0.400. The number of aromatic nitrogens is 3. The number of aromatic amines is 1. The van der Waals surface area contributed by atoms with Crippen LogP contribution in [-0.2, 0) is 0 Å². The molecule has 116 valence electrons. The second kappa shape index (κ2) is 6.04. The van der Waals surface area contributed by atoms with Crippen molar-refractivity contribution in [3.8, 4) is 0 Å². The van der Waals surface area contributed by atoms with Crippen LogP contribution in [0.25, 0.3) is 0 Å². The summed E-state index contributed by atoms with van der Waals surface area (Å²) in [5.41, 5.74) is 0.181. The number of piperidine rings is 1. The molecule has 22 heavy (non-hydrogen) atoms. The number of nitrogens with one attached hydrogen (secondary N) is 1. The van der Waals surface area contributed by atoms with Gasteiger partial charge in [0, 0.05) is 6.54 Å². The lowest BCUT2D eigenvalue weighted by atomic mass is 10.00. The Morgan fingerprint density at radius 2 is 2.27 bits per heavy atom. The Hall–Kier alpha value is -1.95. The van der Waals surface area contributed by atoms with Gasteiger partial charge in [-0.05, 0) is 38.3 Å². The zero-order valence-corrected chi connectivity index (χ0v) is 12.9. The maximum Gasteiger partial charge on any atom is 0.256 e. The van der Waals surface area contributed by atoms with Crippen LogP contribution in [-0.4, -0.2) is 32.5 Å². The number of carbonyl (C=O) groups is 1. The molecule has 1 N–H and O–H groups in total. The van der Waals surface area contributed by atoms with E-state index in [2.05, 4.69) is 15.2 Å². The first-order valence-corrected chi connectivity index (χ1v) is 7.59. The maximum absolute atomic E-state index is 13.6. The van der Waals surface area contributed by atoms with E-state index in [1.54, 1.807) is 11.0 Å². The first-order chi connectivity index (χ1) is 10.6. The van der Waals surface area contributed by atoms with Crippen molar-refractivity contribution in [1.29, 1.82) is 0 Å². The molecule has 2 heterocycles. The largest absolute Gasteiger partial charge is 0.328 e. The number of hydrogen-bond donors (Lipinski definition) is 1. The van der Waals surface area contributed by atoms with E-state index in [9.17, 15) is 9.18 Å². The lowest BCUT2D eigenvalue weighted by molar-refractivity contribution is 0.0600. The summed E-state index contributed by atoms with van der Waals surface area (Å²) in [6.07, 6.45) is 2.69. The lowest BCUT2D eigenvalue weighted by Gasteiger charge is -2.34. The molecular weight excluding hydrogens is 307 g/mol. The molecular formula is C15H16ClFN4O. The van der Waals surface area contributed by atoms with Crippen LogP contribution in [0.5, 0.6) is 0 Å². The monoisotopic (exact) mass is 322 g/mol. The van der Waals surface area contributed by atoms with Gasteiger partial charge in [-0.3, -0.25) is 9.89 Å². The third-order valence-corrected chi connectivity index (χ3v) is 4.24. The minimum absolute atomic E-state index is 0.136. The minimum atomic E-state index is -0.588. The average Bonchev–Trinajstić information content (AvgIpc) is 2.96. The van der Waals surface area contributed by atoms with E-state index in [4.69, 9.17) is 11.6 Å². The number of carbonyl (C=O) groups excluding carboxylic acids is 1. The summed E-state index contributed by atoms with van der Waals surface area (Å²) in [5, 5.41) is 6.83. The number of rotatable bonds is 2. The van der Waals surface area contributed by atoms with Crippen molar-refractivity contribution in [2.45, 2.75) is 32.2 Å². The quantitative estimate of drug-likeness (QED) is 0.923. The van der Waals surface area contributed by atoms with Crippen molar-refractivity contribution < 1.29 is 9.18 Å². The van der Waals surface area contributed by atoms with Gasteiger partial charge in [0.15, 0.2) is 5.82 Å². The van der Waals surface area contributed by atoms with E-state index in [1.165, 1.54) is 12.1 Å². The zero-order chi connectivity index (χ0) is 15.7. The second-order valence-electron chi connectivity index (χ2n) is 5.39. The van der Waals surface area contributed by atoms with Gasteiger partial charge in [-0.1, -0.05) is 17.7 Å². The van der Waals surface area contributed by atoms with E-state index in [0.717, 1.165) is 19.3 Å². The van der Waals surface area contributed by atoms with Gasteiger partial charge in [0.25, 0.3) is 5.91 Å². The summed E-state index contributed by atoms with van der Waals surface area (Å²) < 4.78 is 13.6. The molecule has 1 fully saturated rings. The molecule has 2 aromatic rings. The highest BCUT2D eigenvalue weighted by molar-refractivity contribution is 6.34. The summed E-state index contributed by atoms with van der Waals surface area (Å²) in [7, 11) is 0. The molecule has 1 atom stereocenters. The van der Waals surface area contributed by atoms with Gasteiger partial charge >= 0.3 is 0 Å². The van der Waals surface area contributed by atoms with Crippen LogP contribution in [0.1, 0.15) is 47.3 Å². The van der Waals surface area contributed by atoms with Gasteiger partial charge in [-0.15, -0.1) is 0 Å². The maximum atomic E-state index is 13.6. The average molecular weight is 323 g/mol. The van der Waals surface area contributed by atoms with Crippen LogP contribution in [0, 0.1) is 12.7 Å². The van der Waals surface area contributed by atoms with Gasteiger partial charge in [-0.25, -0.2) is 9.37 Å². The highest BCUT2D eigenvalue weighted by Crippen LogP contribution is 2.32. The van der Waals surface area contributed by atoms with Gasteiger partial charge in [0.05, 0.1) is 16.6 Å². The van der Waals surface area contributed by atoms with Crippen molar-refractivity contribution in [2.24, 2.45) is 0 Å². The predicted octanol–water partition coefficient (Wildman–Crippen LogP) is 3.27. The zero-order valence-electron chi connectivity index (χ0n) is 12.1. The normalized spacial score (nSPS) is 18.5. The number of benzene rings is 1. The predicted molar refractivity (Wildman–Crippen MR) is 80.2 cm³/mol. The third-order valence-electron chi connectivity index (χ3n) is 3.86. The van der Waals surface area contributed by atoms with Crippen LogP contribution in [0.4, 0.5) is 4.39 Å². The summed E-state index contributed by atoms with van der Waals surface area (Å²) in [4.78, 5) is 18.8. The molecule has 1 saturated heterocycles. The van der Waals surface area contributed by atoms with Crippen molar-refractivity contribution in [2.75, 3.05) is 6.54 Å². The number of hydrogen-bond acceptors (Lipinski definition) is 3. The Balaban J connectivity index is 1.93. The number of halogens is 2. The summed E-state index contributed by atoms with van der Waals surface area (Å²) in [6.45, 7) is 2.40. The van der Waals surface area contributed by atoms with Gasteiger partial charge in [0.2, 0.25) is 0 Å². The van der Waals surface area contributed by atoms with Gasteiger partial charge in [0.1, 0.15) is 11.6 Å². The molecule has 0 aliphatic carbocycles. The summed E-state index contributed by atoms with van der Waals surface area (Å²) in [5.74, 6) is 0.432. The molecule has 0 saturated carbocycles. The standard InChI is InChI=1S/C15H16ClFN4O/c1-9-18-14(20-19-9)12-7-2-3-8-21(12)15(22)10-5-4-6-11(17)13(10)16/h4-6,12H,2-3,7-8H2,1H3,(H,18,19,20). The van der Waals surface area contributed by atoms with Crippen LogP contribution in [0.15, 0.2) is 18.2 Å². The molecule has 1 unspecified atom stereocenters. The molecule has 3 rings (SSSR count). The van der Waals surface area contributed by atoms with Crippen molar-refractivity contribution in [3.05, 3.63) is 46.3 Å². The van der Waals surface area contributed by atoms with Crippen molar-refractivity contribution in [1.82, 2.24) is 20.1 Å². The summed E-state index contributed by atoms with van der Waals surface area (Å²) >= 11 is 5.95. The number of aryl methyl sites for hydroxylation is 1. The van der Waals surface area contributed by atoms with Crippen LogP contribution >= 0.6 is 11.6 Å². The lowest BCUT2D eigenvalue weighted by Crippen LogP contribution is -2.39. The van der Waals surface area contributed by atoms with E-state index < -0.39 is 5.82 Å². The molecule has 1 aromatic carbocycles. The van der Waals surface area contributed by atoms with Crippen molar-refractivity contribution >= 4 is 17.5 Å². The molecule has 0 bridgehead atoms. The molecule has 1 aliphatic heterocycles. The topological polar surface area (TPSA) is 61.9 Å². The van der Waals surface area contributed by atoms with E-state index >= 15 is 0 Å². The second-order valence-corrected chi connectivity index (χ2v) is 5.77. The van der Waals surface area contributed by atoms with Crippen LogP contribution < -0.4 is 0 Å². The molecule has 1 aromatic heterocycles. The Bertz CT molecular complexity index is 703. The van der Waals surface area contributed by atoms with Crippen LogP contribution in [0.3, 0.4) is 0 Å². The van der Waals surface area contributed by atoms with E-state index in [0.29, 0.717) is 18.2 Å². The number of likely N-dealkylation sites (tertiary alicyclic amines) is 1. The first-order valence-electron chi connectivity index (χ1n) is 7.22.